The van der Waals surface area contributed by atoms with Gasteiger partial charge >= 0.3 is 0 Å². The summed E-state index contributed by atoms with van der Waals surface area (Å²) in [6.07, 6.45) is 4.50. The largest absolute Gasteiger partial charge is 0.494 e. The van der Waals surface area contributed by atoms with Crippen molar-refractivity contribution in [2.24, 2.45) is 0 Å². The van der Waals surface area contributed by atoms with E-state index in [1.807, 2.05) is 30.3 Å². The van der Waals surface area contributed by atoms with Crippen LogP contribution in [0.5, 0.6) is 5.75 Å². The minimum Gasteiger partial charge on any atom is -0.494 e. The normalized spacial score (nSPS) is 14.2. The van der Waals surface area contributed by atoms with Gasteiger partial charge in [-0.05, 0) is 62.1 Å². The van der Waals surface area contributed by atoms with Crippen LogP contribution in [-0.2, 0) is 0 Å². The van der Waals surface area contributed by atoms with Crippen molar-refractivity contribution in [2.45, 2.75) is 32.6 Å². The van der Waals surface area contributed by atoms with Gasteiger partial charge < -0.3 is 15.0 Å². The molecule has 26 heavy (non-hydrogen) atoms. The maximum absolute atomic E-state index is 12.7. The Labute approximate surface area is 160 Å². The van der Waals surface area contributed by atoms with E-state index in [4.69, 9.17) is 16.3 Å². The zero-order valence-corrected chi connectivity index (χ0v) is 15.9. The molecule has 0 atom stereocenters. The Bertz CT molecular complexity index is 740. The van der Waals surface area contributed by atoms with Crippen LogP contribution in [0.25, 0.3) is 0 Å². The second kappa shape index (κ2) is 8.95. The lowest BCUT2D eigenvalue weighted by Crippen LogP contribution is -2.30. The minimum atomic E-state index is -0.146. The van der Waals surface area contributed by atoms with E-state index in [-0.39, 0.29) is 5.91 Å². The molecule has 1 aliphatic heterocycles. The van der Waals surface area contributed by atoms with E-state index in [2.05, 4.69) is 17.1 Å². The summed E-state index contributed by atoms with van der Waals surface area (Å²) < 4.78 is 5.57. The Balaban J connectivity index is 1.75. The highest BCUT2D eigenvalue weighted by atomic mass is 35.5. The molecule has 1 heterocycles. The predicted molar refractivity (Wildman–Crippen MR) is 108 cm³/mol. The first kappa shape index (κ1) is 18.6. The van der Waals surface area contributed by atoms with Gasteiger partial charge in [0.25, 0.3) is 5.91 Å². The molecule has 1 aliphatic rings. The second-order valence-electron chi connectivity index (χ2n) is 6.51. The molecule has 0 radical (unpaired) electrons. The quantitative estimate of drug-likeness (QED) is 0.740. The fourth-order valence-electron chi connectivity index (χ4n) is 3.17. The van der Waals surface area contributed by atoms with Gasteiger partial charge in [-0.25, -0.2) is 0 Å². The number of carbonyl (C=O) groups excluding carboxylic acids is 1. The molecule has 0 saturated carbocycles. The van der Waals surface area contributed by atoms with Crippen molar-refractivity contribution in [3.63, 3.8) is 0 Å². The highest BCUT2D eigenvalue weighted by Crippen LogP contribution is 2.35. The Morgan fingerprint density at radius 1 is 1.12 bits per heavy atom. The van der Waals surface area contributed by atoms with Gasteiger partial charge in [0.15, 0.2) is 0 Å². The number of nitrogens with one attached hydrogen (secondary N) is 1. The molecule has 0 unspecified atom stereocenters. The van der Waals surface area contributed by atoms with Gasteiger partial charge in [0.1, 0.15) is 5.75 Å². The number of nitrogens with zero attached hydrogens (tertiary/aromatic N) is 1. The Kier molecular flexibility index (Phi) is 6.40. The van der Waals surface area contributed by atoms with Crippen LogP contribution in [0, 0.1) is 0 Å². The van der Waals surface area contributed by atoms with Gasteiger partial charge in [0.2, 0.25) is 0 Å². The van der Waals surface area contributed by atoms with Crippen LogP contribution in [-0.4, -0.2) is 25.6 Å². The molecule has 2 aromatic carbocycles. The summed E-state index contributed by atoms with van der Waals surface area (Å²) in [6, 6.07) is 12.9. The van der Waals surface area contributed by atoms with E-state index in [9.17, 15) is 4.79 Å². The smallest absolute Gasteiger partial charge is 0.255 e. The number of hydrogen-bond acceptors (Lipinski definition) is 3. The van der Waals surface area contributed by atoms with Crippen LogP contribution >= 0.6 is 11.6 Å². The molecule has 1 fully saturated rings. The van der Waals surface area contributed by atoms with Crippen molar-refractivity contribution < 1.29 is 9.53 Å². The molecule has 4 nitrogen and oxygen atoms in total. The first-order valence-corrected chi connectivity index (χ1v) is 9.64. The summed E-state index contributed by atoms with van der Waals surface area (Å²) in [7, 11) is 0. The Morgan fingerprint density at radius 3 is 2.54 bits per heavy atom. The van der Waals surface area contributed by atoms with Gasteiger partial charge in [0, 0.05) is 18.7 Å². The molecule has 0 bridgehead atoms. The predicted octanol–water partition coefficient (Wildman–Crippen LogP) is 5.37. The van der Waals surface area contributed by atoms with E-state index < -0.39 is 0 Å². The number of amides is 1. The molecule has 2 aromatic rings. The third-order valence-electron chi connectivity index (χ3n) is 4.50. The zero-order chi connectivity index (χ0) is 18.4. The van der Waals surface area contributed by atoms with Crippen LogP contribution in [0.15, 0.2) is 42.5 Å². The molecule has 1 amide bonds. The summed E-state index contributed by atoms with van der Waals surface area (Å²) in [5, 5.41) is 3.70. The lowest BCUT2D eigenvalue weighted by molar-refractivity contribution is 0.102. The number of piperidine rings is 1. The van der Waals surface area contributed by atoms with Crippen molar-refractivity contribution in [1.82, 2.24) is 0 Å². The van der Waals surface area contributed by atoms with Gasteiger partial charge in [-0.3, -0.25) is 4.79 Å². The molecule has 0 spiro atoms. The standard InChI is InChI=1S/C21H25ClN2O2/c1-2-15-26-17-11-9-16(10-12-17)21(25)23-19-8-6-7-18(22)20(19)24-13-4-3-5-14-24/h6-12H,2-5,13-15H2,1H3,(H,23,25). The topological polar surface area (TPSA) is 41.6 Å². The van der Waals surface area contributed by atoms with Gasteiger partial charge in [-0.2, -0.15) is 0 Å². The maximum atomic E-state index is 12.7. The lowest BCUT2D eigenvalue weighted by atomic mass is 10.1. The van der Waals surface area contributed by atoms with Crippen molar-refractivity contribution >= 4 is 28.9 Å². The Morgan fingerprint density at radius 2 is 1.85 bits per heavy atom. The number of halogens is 1. The molecule has 0 aliphatic carbocycles. The number of para-hydroxylation sites is 1. The van der Waals surface area contributed by atoms with Gasteiger partial charge in [-0.1, -0.05) is 24.6 Å². The lowest BCUT2D eigenvalue weighted by Gasteiger charge is -2.31. The first-order chi connectivity index (χ1) is 12.7. The number of hydrogen-bond donors (Lipinski definition) is 1. The summed E-state index contributed by atoms with van der Waals surface area (Å²) >= 11 is 6.45. The van der Waals surface area contributed by atoms with E-state index in [0.29, 0.717) is 17.2 Å². The van der Waals surface area contributed by atoms with Crippen molar-refractivity contribution in [2.75, 3.05) is 29.9 Å². The number of rotatable bonds is 6. The van der Waals surface area contributed by atoms with E-state index >= 15 is 0 Å². The minimum absolute atomic E-state index is 0.146. The van der Waals surface area contributed by atoms with Crippen LogP contribution in [0.4, 0.5) is 11.4 Å². The number of anilines is 2. The summed E-state index contributed by atoms with van der Waals surface area (Å²) in [5.41, 5.74) is 2.28. The molecule has 5 heteroatoms. The van der Waals surface area contributed by atoms with E-state index in [1.165, 1.54) is 6.42 Å². The third-order valence-corrected chi connectivity index (χ3v) is 4.80. The summed E-state index contributed by atoms with van der Waals surface area (Å²) in [4.78, 5) is 14.9. The average molecular weight is 373 g/mol. The van der Waals surface area contributed by atoms with Crippen molar-refractivity contribution in [3.05, 3.63) is 53.1 Å². The van der Waals surface area contributed by atoms with Gasteiger partial charge in [-0.15, -0.1) is 0 Å². The fraction of sp³-hybridized carbons (Fsp3) is 0.381. The maximum Gasteiger partial charge on any atom is 0.255 e. The SMILES string of the molecule is CCCOc1ccc(C(=O)Nc2cccc(Cl)c2N2CCCCC2)cc1. The number of ether oxygens (including phenoxy) is 1. The first-order valence-electron chi connectivity index (χ1n) is 9.26. The number of carbonyl (C=O) groups is 1. The molecular weight excluding hydrogens is 348 g/mol. The fourth-order valence-corrected chi connectivity index (χ4v) is 3.47. The van der Waals surface area contributed by atoms with E-state index in [0.717, 1.165) is 49.5 Å². The van der Waals surface area contributed by atoms with Gasteiger partial charge in [0.05, 0.1) is 23.0 Å². The van der Waals surface area contributed by atoms with Crippen molar-refractivity contribution in [1.29, 1.82) is 0 Å². The molecule has 0 aromatic heterocycles. The molecule has 1 N–H and O–H groups in total. The van der Waals surface area contributed by atoms with Crippen molar-refractivity contribution in [3.8, 4) is 5.75 Å². The monoisotopic (exact) mass is 372 g/mol. The second-order valence-corrected chi connectivity index (χ2v) is 6.92. The Hall–Kier alpha value is -2.20. The van der Waals surface area contributed by atoms with E-state index in [1.54, 1.807) is 12.1 Å². The third kappa shape index (κ3) is 4.50. The molecule has 3 rings (SSSR count). The highest BCUT2D eigenvalue weighted by molar-refractivity contribution is 6.34. The van der Waals surface area contributed by atoms with Crippen LogP contribution in [0.2, 0.25) is 5.02 Å². The molecule has 1 saturated heterocycles. The zero-order valence-electron chi connectivity index (χ0n) is 15.1. The summed E-state index contributed by atoms with van der Waals surface area (Å²) in [5.74, 6) is 0.632. The van der Waals surface area contributed by atoms with Crippen LogP contribution in [0.1, 0.15) is 43.0 Å². The number of benzene rings is 2. The molecule has 138 valence electrons. The van der Waals surface area contributed by atoms with Crippen LogP contribution in [0.3, 0.4) is 0 Å². The highest BCUT2D eigenvalue weighted by Gasteiger charge is 2.19. The summed E-state index contributed by atoms with van der Waals surface area (Å²) in [6.45, 7) is 4.67. The van der Waals surface area contributed by atoms with Crippen LogP contribution < -0.4 is 15.0 Å². The molecular formula is C21H25ClN2O2. The average Bonchev–Trinajstić information content (AvgIpc) is 2.67.